The van der Waals surface area contributed by atoms with E-state index in [0.717, 1.165) is 21.1 Å². The van der Waals surface area contributed by atoms with Crippen molar-refractivity contribution in [3.8, 4) is 0 Å². The van der Waals surface area contributed by atoms with Gasteiger partial charge < -0.3 is 14.2 Å². The molecule has 0 radical (unpaired) electrons. The van der Waals surface area contributed by atoms with Crippen LogP contribution in [0.5, 0.6) is 0 Å². The Kier molecular flexibility index (Phi) is 4.50. The molecule has 0 amide bonds. The highest BCUT2D eigenvalue weighted by Crippen LogP contribution is 2.20. The van der Waals surface area contributed by atoms with Crippen molar-refractivity contribution in [2.45, 2.75) is 19.2 Å². The molecule has 1 atom stereocenters. The highest BCUT2D eigenvalue weighted by Gasteiger charge is 2.14. The second-order valence-electron chi connectivity index (χ2n) is 5.39. The Hall–Kier alpha value is -2.11. The Morgan fingerprint density at radius 3 is 2.30 bits per heavy atom. The van der Waals surface area contributed by atoms with Crippen LogP contribution in [0.4, 0.5) is 0 Å². The summed E-state index contributed by atoms with van der Waals surface area (Å²) in [5.74, 6) is 0. The van der Waals surface area contributed by atoms with Gasteiger partial charge in [0.05, 0.1) is 23.7 Å². The molecule has 0 spiro atoms. The van der Waals surface area contributed by atoms with Crippen LogP contribution in [0, 0.1) is 5.41 Å². The zero-order valence-electron chi connectivity index (χ0n) is 12.6. The van der Waals surface area contributed by atoms with Crippen molar-refractivity contribution < 1.29 is 5.11 Å². The van der Waals surface area contributed by atoms with E-state index < -0.39 is 6.10 Å². The Balaban J connectivity index is 2.02. The minimum Gasteiger partial charge on any atom is -0.387 e. The molecule has 2 aromatic carbocycles. The third kappa shape index (κ3) is 3.02. The van der Waals surface area contributed by atoms with E-state index in [4.69, 9.17) is 5.41 Å². The Bertz CT molecular complexity index is 893. The second kappa shape index (κ2) is 6.56. The third-order valence-corrected chi connectivity index (χ3v) is 4.43. The number of allylic oxidation sites excluding steroid dienone is 1. The maximum absolute atomic E-state index is 10.5. The van der Waals surface area contributed by atoms with Crippen molar-refractivity contribution >= 4 is 27.0 Å². The standard InChI is InChI=1S/C18H18BrN3O/c1-2-11-21-15-5-3-4-6-16(15)22(18(21)20)12-17(23)13-7-9-14(19)10-8-13/h2-10,17,20,23H,1,11-12H2/t17-/m0/s1. The molecule has 0 unspecified atom stereocenters. The molecule has 0 aliphatic heterocycles. The van der Waals surface area contributed by atoms with Gasteiger partial charge in [-0.15, -0.1) is 6.58 Å². The summed E-state index contributed by atoms with van der Waals surface area (Å²) in [6.45, 7) is 4.67. The van der Waals surface area contributed by atoms with E-state index in [1.54, 1.807) is 6.08 Å². The second-order valence-corrected chi connectivity index (χ2v) is 6.31. The number of aliphatic hydroxyl groups excluding tert-OH is 1. The Morgan fingerprint density at radius 1 is 1.09 bits per heavy atom. The van der Waals surface area contributed by atoms with E-state index in [9.17, 15) is 5.11 Å². The number of nitrogens with zero attached hydrogens (tertiary/aromatic N) is 2. The average molecular weight is 372 g/mol. The molecule has 118 valence electrons. The van der Waals surface area contributed by atoms with Crippen LogP contribution >= 0.6 is 15.9 Å². The average Bonchev–Trinajstić information content (AvgIpc) is 2.82. The lowest BCUT2D eigenvalue weighted by Gasteiger charge is -2.13. The molecule has 1 heterocycles. The van der Waals surface area contributed by atoms with Crippen LogP contribution in [-0.2, 0) is 13.1 Å². The highest BCUT2D eigenvalue weighted by molar-refractivity contribution is 9.10. The summed E-state index contributed by atoms with van der Waals surface area (Å²) in [4.78, 5) is 0. The first-order valence-corrected chi connectivity index (χ1v) is 8.18. The van der Waals surface area contributed by atoms with Crippen molar-refractivity contribution in [1.82, 2.24) is 9.13 Å². The monoisotopic (exact) mass is 371 g/mol. The topological polar surface area (TPSA) is 53.9 Å². The highest BCUT2D eigenvalue weighted by atomic mass is 79.9. The number of hydrogen-bond acceptors (Lipinski definition) is 2. The summed E-state index contributed by atoms with van der Waals surface area (Å²) in [7, 11) is 0. The number of imidazole rings is 1. The maximum atomic E-state index is 10.5. The summed E-state index contributed by atoms with van der Waals surface area (Å²) in [5.41, 5.74) is 3.11. The van der Waals surface area contributed by atoms with Crippen molar-refractivity contribution in [2.75, 3.05) is 0 Å². The number of hydrogen-bond donors (Lipinski definition) is 2. The van der Waals surface area contributed by atoms with E-state index in [2.05, 4.69) is 22.5 Å². The van der Waals surface area contributed by atoms with Gasteiger partial charge in [-0.05, 0) is 29.8 Å². The van der Waals surface area contributed by atoms with Gasteiger partial charge in [-0.25, -0.2) is 0 Å². The molecule has 0 fully saturated rings. The van der Waals surface area contributed by atoms with Crippen LogP contribution in [-0.4, -0.2) is 14.2 Å². The normalized spacial score (nSPS) is 12.4. The van der Waals surface area contributed by atoms with Crippen LogP contribution in [0.25, 0.3) is 11.0 Å². The van der Waals surface area contributed by atoms with Crippen molar-refractivity contribution in [3.05, 3.63) is 76.8 Å². The fourth-order valence-corrected chi connectivity index (χ4v) is 3.02. The molecule has 0 saturated carbocycles. The molecule has 5 heteroatoms. The Morgan fingerprint density at radius 2 is 1.70 bits per heavy atom. The smallest absolute Gasteiger partial charge is 0.203 e. The minimum atomic E-state index is -0.666. The van der Waals surface area contributed by atoms with Gasteiger partial charge in [-0.1, -0.05) is 46.3 Å². The van der Waals surface area contributed by atoms with Crippen molar-refractivity contribution in [3.63, 3.8) is 0 Å². The van der Waals surface area contributed by atoms with Crippen LogP contribution in [0.15, 0.2) is 65.7 Å². The number of rotatable bonds is 5. The number of para-hydroxylation sites is 2. The van der Waals surface area contributed by atoms with Crippen molar-refractivity contribution in [2.24, 2.45) is 0 Å². The predicted molar refractivity (Wildman–Crippen MR) is 95.1 cm³/mol. The molecule has 0 bridgehead atoms. The van der Waals surface area contributed by atoms with E-state index in [1.165, 1.54) is 0 Å². The first kappa shape index (κ1) is 15.8. The van der Waals surface area contributed by atoms with Crippen LogP contribution in [0.2, 0.25) is 0 Å². The molecule has 0 aliphatic rings. The number of aliphatic hydroxyl groups is 1. The Labute approximate surface area is 143 Å². The lowest BCUT2D eigenvalue weighted by atomic mass is 10.1. The molecule has 3 aromatic rings. The first-order chi connectivity index (χ1) is 11.1. The summed E-state index contributed by atoms with van der Waals surface area (Å²) in [6.07, 6.45) is 1.11. The van der Waals surface area contributed by atoms with Gasteiger partial charge in [0.2, 0.25) is 5.62 Å². The largest absolute Gasteiger partial charge is 0.387 e. The van der Waals surface area contributed by atoms with Crippen LogP contribution in [0.3, 0.4) is 0 Å². The van der Waals surface area contributed by atoms with Gasteiger partial charge in [0.1, 0.15) is 0 Å². The molecule has 0 saturated heterocycles. The number of benzene rings is 2. The van der Waals surface area contributed by atoms with Gasteiger partial charge in [0.15, 0.2) is 0 Å². The summed E-state index contributed by atoms with van der Waals surface area (Å²) in [6, 6.07) is 15.5. The van der Waals surface area contributed by atoms with Gasteiger partial charge in [-0.3, -0.25) is 5.41 Å². The van der Waals surface area contributed by atoms with E-state index in [1.807, 2.05) is 57.7 Å². The number of halogens is 1. The van der Waals surface area contributed by atoms with E-state index in [0.29, 0.717) is 18.7 Å². The van der Waals surface area contributed by atoms with Crippen LogP contribution in [0.1, 0.15) is 11.7 Å². The summed E-state index contributed by atoms with van der Waals surface area (Å²) >= 11 is 3.40. The van der Waals surface area contributed by atoms with Gasteiger partial charge in [0.25, 0.3) is 0 Å². The third-order valence-electron chi connectivity index (χ3n) is 3.90. The summed E-state index contributed by atoms with van der Waals surface area (Å²) < 4.78 is 4.70. The number of nitrogens with one attached hydrogen (secondary N) is 1. The van der Waals surface area contributed by atoms with E-state index in [-0.39, 0.29) is 0 Å². The van der Waals surface area contributed by atoms with Crippen molar-refractivity contribution in [1.29, 1.82) is 5.41 Å². The summed E-state index contributed by atoms with van der Waals surface area (Å²) in [5, 5.41) is 19.0. The van der Waals surface area contributed by atoms with Gasteiger partial charge in [-0.2, -0.15) is 0 Å². The van der Waals surface area contributed by atoms with Gasteiger partial charge in [0, 0.05) is 11.0 Å². The number of fused-ring (bicyclic) bond motifs is 1. The quantitative estimate of drug-likeness (QED) is 0.661. The molecule has 2 N–H and O–H groups in total. The molecular weight excluding hydrogens is 354 g/mol. The zero-order chi connectivity index (χ0) is 16.4. The zero-order valence-corrected chi connectivity index (χ0v) is 14.2. The predicted octanol–water partition coefficient (Wildman–Crippen LogP) is 3.60. The SMILES string of the molecule is C=CCn1c(=N)n(C[C@H](O)c2ccc(Br)cc2)c2ccccc21. The molecule has 4 nitrogen and oxygen atoms in total. The first-order valence-electron chi connectivity index (χ1n) is 7.39. The molecule has 1 aromatic heterocycles. The minimum absolute atomic E-state index is 0.338. The fraction of sp³-hybridized carbons (Fsp3) is 0.167. The molecular formula is C18H18BrN3O. The fourth-order valence-electron chi connectivity index (χ4n) is 2.76. The molecule has 23 heavy (non-hydrogen) atoms. The lowest BCUT2D eigenvalue weighted by Crippen LogP contribution is -2.26. The molecule has 0 aliphatic carbocycles. The van der Waals surface area contributed by atoms with Crippen LogP contribution < -0.4 is 5.62 Å². The number of aromatic nitrogens is 2. The lowest BCUT2D eigenvalue weighted by molar-refractivity contribution is 0.155. The van der Waals surface area contributed by atoms with E-state index >= 15 is 0 Å². The maximum Gasteiger partial charge on any atom is 0.203 e. The van der Waals surface area contributed by atoms with Gasteiger partial charge >= 0.3 is 0 Å². The molecule has 3 rings (SSSR count).